The SMILES string of the molecule is CN1CCC[C@H](OC(=O)c2cccc(Cl)c2)C1. The highest BCUT2D eigenvalue weighted by Crippen LogP contribution is 2.16. The lowest BCUT2D eigenvalue weighted by Gasteiger charge is -2.29. The van der Waals surface area contributed by atoms with Crippen molar-refractivity contribution in [2.75, 3.05) is 20.1 Å². The van der Waals surface area contributed by atoms with Crippen molar-refractivity contribution in [3.63, 3.8) is 0 Å². The van der Waals surface area contributed by atoms with E-state index >= 15 is 0 Å². The van der Waals surface area contributed by atoms with Crippen molar-refractivity contribution >= 4 is 17.6 Å². The van der Waals surface area contributed by atoms with E-state index in [1.54, 1.807) is 24.3 Å². The lowest BCUT2D eigenvalue weighted by molar-refractivity contribution is 0.0108. The van der Waals surface area contributed by atoms with Crippen LogP contribution >= 0.6 is 11.6 Å². The number of hydrogen-bond donors (Lipinski definition) is 0. The molecule has 0 amide bonds. The summed E-state index contributed by atoms with van der Waals surface area (Å²) < 4.78 is 5.46. The average molecular weight is 254 g/mol. The van der Waals surface area contributed by atoms with Crippen molar-refractivity contribution in [3.8, 4) is 0 Å². The van der Waals surface area contributed by atoms with Crippen LogP contribution < -0.4 is 0 Å². The molecule has 3 nitrogen and oxygen atoms in total. The largest absolute Gasteiger partial charge is 0.457 e. The zero-order chi connectivity index (χ0) is 12.3. The Labute approximate surface area is 106 Å². The van der Waals surface area contributed by atoms with Gasteiger partial charge >= 0.3 is 5.97 Å². The molecule has 1 fully saturated rings. The van der Waals surface area contributed by atoms with Gasteiger partial charge in [0.15, 0.2) is 0 Å². The predicted octanol–water partition coefficient (Wildman–Crippen LogP) is 2.59. The van der Waals surface area contributed by atoms with Crippen LogP contribution in [0.25, 0.3) is 0 Å². The van der Waals surface area contributed by atoms with E-state index in [1.165, 1.54) is 0 Å². The summed E-state index contributed by atoms with van der Waals surface area (Å²) in [5, 5.41) is 0.556. The number of hydrogen-bond acceptors (Lipinski definition) is 3. The summed E-state index contributed by atoms with van der Waals surface area (Å²) in [4.78, 5) is 14.1. The van der Waals surface area contributed by atoms with Crippen LogP contribution in [0.4, 0.5) is 0 Å². The number of carbonyl (C=O) groups is 1. The first-order chi connectivity index (χ1) is 8.15. The summed E-state index contributed by atoms with van der Waals surface area (Å²) in [6.45, 7) is 1.89. The van der Waals surface area contributed by atoms with E-state index in [9.17, 15) is 4.79 Å². The fraction of sp³-hybridized carbons (Fsp3) is 0.462. The maximum absolute atomic E-state index is 11.9. The third-order valence-corrected chi connectivity index (χ3v) is 3.15. The van der Waals surface area contributed by atoms with Crippen LogP contribution in [0, 0.1) is 0 Å². The molecule has 92 valence electrons. The van der Waals surface area contributed by atoms with Crippen molar-refractivity contribution in [1.29, 1.82) is 0 Å². The molecule has 1 aromatic carbocycles. The molecule has 0 radical (unpaired) electrons. The van der Waals surface area contributed by atoms with Crippen LogP contribution in [-0.4, -0.2) is 37.1 Å². The van der Waals surface area contributed by atoms with Crippen molar-refractivity contribution in [2.24, 2.45) is 0 Å². The van der Waals surface area contributed by atoms with E-state index in [4.69, 9.17) is 16.3 Å². The Morgan fingerprint density at radius 1 is 1.53 bits per heavy atom. The average Bonchev–Trinajstić information content (AvgIpc) is 2.29. The van der Waals surface area contributed by atoms with Gasteiger partial charge in [-0.1, -0.05) is 17.7 Å². The Morgan fingerprint density at radius 3 is 3.06 bits per heavy atom. The van der Waals surface area contributed by atoms with Gasteiger partial charge < -0.3 is 9.64 Å². The summed E-state index contributed by atoms with van der Waals surface area (Å²) >= 11 is 5.84. The number of likely N-dealkylation sites (tertiary alicyclic amines) is 1. The minimum Gasteiger partial charge on any atom is -0.457 e. The quantitative estimate of drug-likeness (QED) is 0.759. The van der Waals surface area contributed by atoms with Crippen molar-refractivity contribution in [3.05, 3.63) is 34.9 Å². The normalized spacial score (nSPS) is 21.2. The number of nitrogens with zero attached hydrogens (tertiary/aromatic N) is 1. The van der Waals surface area contributed by atoms with Gasteiger partial charge in [-0.15, -0.1) is 0 Å². The first-order valence-corrected chi connectivity index (χ1v) is 6.18. The third kappa shape index (κ3) is 3.45. The van der Waals surface area contributed by atoms with Gasteiger partial charge in [-0.3, -0.25) is 0 Å². The molecule has 2 rings (SSSR count). The summed E-state index contributed by atoms with van der Waals surface area (Å²) in [6.07, 6.45) is 2.01. The molecule has 1 aliphatic rings. The lowest BCUT2D eigenvalue weighted by Crippen LogP contribution is -2.38. The zero-order valence-corrected chi connectivity index (χ0v) is 10.6. The molecule has 0 unspecified atom stereocenters. The highest BCUT2D eigenvalue weighted by molar-refractivity contribution is 6.30. The Balaban J connectivity index is 1.97. The molecule has 0 spiro atoms. The van der Waals surface area contributed by atoms with Gasteiger partial charge in [0.05, 0.1) is 5.56 Å². The Kier molecular flexibility index (Phi) is 4.02. The Hall–Kier alpha value is -1.06. The van der Waals surface area contributed by atoms with E-state index in [1.807, 2.05) is 7.05 Å². The van der Waals surface area contributed by atoms with Crippen LogP contribution in [0.5, 0.6) is 0 Å². The van der Waals surface area contributed by atoms with E-state index < -0.39 is 0 Å². The topological polar surface area (TPSA) is 29.5 Å². The highest BCUT2D eigenvalue weighted by Gasteiger charge is 2.21. The molecule has 1 saturated heterocycles. The highest BCUT2D eigenvalue weighted by atomic mass is 35.5. The van der Waals surface area contributed by atoms with Gasteiger partial charge in [-0.05, 0) is 44.6 Å². The summed E-state index contributed by atoms with van der Waals surface area (Å²) in [5.74, 6) is -0.284. The molecule has 0 aliphatic carbocycles. The van der Waals surface area contributed by atoms with Gasteiger partial charge in [0.25, 0.3) is 0 Å². The van der Waals surface area contributed by atoms with E-state index in [2.05, 4.69) is 4.90 Å². The summed E-state index contributed by atoms with van der Waals surface area (Å²) in [7, 11) is 2.04. The van der Waals surface area contributed by atoms with Crippen LogP contribution in [0.15, 0.2) is 24.3 Å². The standard InChI is InChI=1S/C13H16ClNO2/c1-15-7-3-6-12(9-15)17-13(16)10-4-2-5-11(14)8-10/h2,4-5,8,12H,3,6-7,9H2,1H3/t12-/m0/s1. The number of halogens is 1. The van der Waals surface area contributed by atoms with E-state index in [0.717, 1.165) is 25.9 Å². The fourth-order valence-electron chi connectivity index (χ4n) is 2.05. The molecule has 0 saturated carbocycles. The van der Waals surface area contributed by atoms with Gasteiger partial charge in [0.1, 0.15) is 6.10 Å². The second-order valence-corrected chi connectivity index (χ2v) is 4.88. The van der Waals surface area contributed by atoms with Gasteiger partial charge in [-0.2, -0.15) is 0 Å². The minimum atomic E-state index is -0.284. The number of ether oxygens (including phenoxy) is 1. The number of esters is 1. The molecule has 1 aromatic rings. The van der Waals surface area contributed by atoms with Gasteiger partial charge in [0, 0.05) is 11.6 Å². The molecule has 0 N–H and O–H groups in total. The zero-order valence-electron chi connectivity index (χ0n) is 9.86. The first-order valence-electron chi connectivity index (χ1n) is 5.80. The maximum Gasteiger partial charge on any atom is 0.338 e. The summed E-state index contributed by atoms with van der Waals surface area (Å²) in [5.41, 5.74) is 0.519. The minimum absolute atomic E-state index is 0.000214. The van der Waals surface area contributed by atoms with Crippen LogP contribution in [0.1, 0.15) is 23.2 Å². The Bertz CT molecular complexity index is 408. The molecule has 17 heavy (non-hydrogen) atoms. The number of benzene rings is 1. The first kappa shape index (κ1) is 12.4. The van der Waals surface area contributed by atoms with Gasteiger partial charge in [-0.25, -0.2) is 4.79 Å². The van der Waals surface area contributed by atoms with Crippen LogP contribution in [0.3, 0.4) is 0 Å². The predicted molar refractivity (Wildman–Crippen MR) is 67.4 cm³/mol. The molecular weight excluding hydrogens is 238 g/mol. The lowest BCUT2D eigenvalue weighted by atomic mass is 10.1. The molecule has 1 heterocycles. The smallest absolute Gasteiger partial charge is 0.338 e. The van der Waals surface area contributed by atoms with E-state index in [0.29, 0.717) is 10.6 Å². The molecule has 0 aromatic heterocycles. The number of likely N-dealkylation sites (N-methyl/N-ethyl adjacent to an activating group) is 1. The fourth-order valence-corrected chi connectivity index (χ4v) is 2.24. The number of rotatable bonds is 2. The van der Waals surface area contributed by atoms with E-state index in [-0.39, 0.29) is 12.1 Å². The van der Waals surface area contributed by atoms with Gasteiger partial charge in [0.2, 0.25) is 0 Å². The molecule has 1 atom stereocenters. The number of carbonyl (C=O) groups excluding carboxylic acids is 1. The molecule has 0 bridgehead atoms. The third-order valence-electron chi connectivity index (χ3n) is 2.92. The Morgan fingerprint density at radius 2 is 2.35 bits per heavy atom. The van der Waals surface area contributed by atoms with Crippen molar-refractivity contribution in [1.82, 2.24) is 4.90 Å². The number of piperidine rings is 1. The van der Waals surface area contributed by atoms with Crippen LogP contribution in [0.2, 0.25) is 5.02 Å². The maximum atomic E-state index is 11.9. The second-order valence-electron chi connectivity index (χ2n) is 4.44. The van der Waals surface area contributed by atoms with Crippen molar-refractivity contribution in [2.45, 2.75) is 18.9 Å². The summed E-state index contributed by atoms with van der Waals surface area (Å²) in [6, 6.07) is 6.86. The monoisotopic (exact) mass is 253 g/mol. The molecular formula is C13H16ClNO2. The van der Waals surface area contributed by atoms with Crippen LogP contribution in [-0.2, 0) is 4.74 Å². The molecule has 1 aliphatic heterocycles. The second kappa shape index (κ2) is 5.52. The van der Waals surface area contributed by atoms with Crippen molar-refractivity contribution < 1.29 is 9.53 Å². The molecule has 4 heteroatoms.